The summed E-state index contributed by atoms with van der Waals surface area (Å²) in [5, 5.41) is 0. The molecule has 0 aromatic carbocycles. The van der Waals surface area contributed by atoms with E-state index >= 15 is 0 Å². The van der Waals surface area contributed by atoms with Crippen molar-refractivity contribution >= 4 is 12.6 Å². The van der Waals surface area contributed by atoms with Gasteiger partial charge in [0, 0.05) is 13.1 Å². The van der Waals surface area contributed by atoms with Crippen LogP contribution in [0.4, 0.5) is 0 Å². The predicted molar refractivity (Wildman–Crippen MR) is 74.1 cm³/mol. The van der Waals surface area contributed by atoms with Crippen LogP contribution in [0.3, 0.4) is 0 Å². The molecule has 2 fully saturated rings. The molecule has 0 radical (unpaired) electrons. The van der Waals surface area contributed by atoms with Gasteiger partial charge in [-0.25, -0.2) is 0 Å². The molecule has 2 aliphatic rings. The van der Waals surface area contributed by atoms with Gasteiger partial charge in [0.2, 0.25) is 0 Å². The molecule has 1 aliphatic heterocycles. The highest BCUT2D eigenvalue weighted by molar-refractivity contribution is 7.80. The van der Waals surface area contributed by atoms with E-state index in [0.717, 1.165) is 23.5 Å². The summed E-state index contributed by atoms with van der Waals surface area (Å²) in [4.78, 5) is 2.72. The zero-order chi connectivity index (χ0) is 11.4. The second-order valence-corrected chi connectivity index (χ2v) is 6.17. The monoisotopic (exact) mass is 241 g/mol. The molecule has 3 unspecified atom stereocenters. The normalized spacial score (nSPS) is 33.4. The van der Waals surface area contributed by atoms with Crippen LogP contribution >= 0.6 is 12.6 Å². The van der Waals surface area contributed by atoms with Crippen LogP contribution in [0.2, 0.25) is 0 Å². The molecule has 0 bridgehead atoms. The Morgan fingerprint density at radius 3 is 2.62 bits per heavy atom. The second-order valence-electron chi connectivity index (χ2n) is 5.81. The van der Waals surface area contributed by atoms with Crippen LogP contribution in [0.25, 0.3) is 0 Å². The lowest BCUT2D eigenvalue weighted by atomic mass is 9.75. The van der Waals surface area contributed by atoms with E-state index in [9.17, 15) is 0 Å². The SMILES string of the molecule is CCC(CS)CN1CCC2CCCCC2C1. The van der Waals surface area contributed by atoms with E-state index in [-0.39, 0.29) is 0 Å². The minimum Gasteiger partial charge on any atom is -0.303 e. The predicted octanol–water partition coefficient (Wildman–Crippen LogP) is 3.45. The van der Waals surface area contributed by atoms with E-state index in [1.807, 2.05) is 0 Å². The molecule has 1 nitrogen and oxygen atoms in total. The van der Waals surface area contributed by atoms with Crippen molar-refractivity contribution in [3.8, 4) is 0 Å². The van der Waals surface area contributed by atoms with Gasteiger partial charge in [-0.05, 0) is 42.9 Å². The molecule has 2 heteroatoms. The van der Waals surface area contributed by atoms with Crippen LogP contribution in [0.1, 0.15) is 45.4 Å². The van der Waals surface area contributed by atoms with Crippen LogP contribution < -0.4 is 0 Å². The van der Waals surface area contributed by atoms with Gasteiger partial charge in [-0.3, -0.25) is 0 Å². The third-order valence-corrected chi connectivity index (χ3v) is 5.24. The molecule has 16 heavy (non-hydrogen) atoms. The van der Waals surface area contributed by atoms with Crippen molar-refractivity contribution in [3.05, 3.63) is 0 Å². The number of hydrogen-bond donors (Lipinski definition) is 1. The maximum atomic E-state index is 4.46. The minimum atomic E-state index is 0.809. The van der Waals surface area contributed by atoms with Crippen molar-refractivity contribution in [3.63, 3.8) is 0 Å². The Morgan fingerprint density at radius 2 is 1.94 bits per heavy atom. The lowest BCUT2D eigenvalue weighted by molar-refractivity contribution is 0.0775. The first-order valence-electron chi connectivity index (χ1n) is 7.16. The van der Waals surface area contributed by atoms with Gasteiger partial charge in [0.25, 0.3) is 0 Å². The van der Waals surface area contributed by atoms with Gasteiger partial charge in [-0.15, -0.1) is 0 Å². The third kappa shape index (κ3) is 3.16. The number of nitrogens with zero attached hydrogens (tertiary/aromatic N) is 1. The zero-order valence-corrected chi connectivity index (χ0v) is 11.6. The first-order chi connectivity index (χ1) is 7.83. The molecule has 1 saturated carbocycles. The zero-order valence-electron chi connectivity index (χ0n) is 10.7. The molecular weight excluding hydrogens is 214 g/mol. The maximum absolute atomic E-state index is 4.46. The smallest absolute Gasteiger partial charge is 0.00175 e. The molecule has 1 aliphatic carbocycles. The molecular formula is C14H27NS. The molecule has 1 saturated heterocycles. The summed E-state index contributed by atoms with van der Waals surface area (Å²) in [6.45, 7) is 6.33. The van der Waals surface area contributed by atoms with Crippen molar-refractivity contribution in [2.24, 2.45) is 17.8 Å². The number of piperidine rings is 1. The largest absolute Gasteiger partial charge is 0.303 e. The van der Waals surface area contributed by atoms with Crippen LogP contribution in [0.5, 0.6) is 0 Å². The highest BCUT2D eigenvalue weighted by Gasteiger charge is 2.31. The van der Waals surface area contributed by atoms with E-state index in [1.165, 1.54) is 58.2 Å². The number of hydrogen-bond acceptors (Lipinski definition) is 2. The number of thiol groups is 1. The minimum absolute atomic E-state index is 0.809. The van der Waals surface area contributed by atoms with Crippen LogP contribution in [-0.2, 0) is 0 Å². The molecule has 2 rings (SSSR count). The lowest BCUT2D eigenvalue weighted by Crippen LogP contribution is -2.43. The first kappa shape index (κ1) is 12.8. The Morgan fingerprint density at radius 1 is 1.19 bits per heavy atom. The molecule has 0 spiro atoms. The van der Waals surface area contributed by atoms with Crippen molar-refractivity contribution < 1.29 is 0 Å². The average Bonchev–Trinajstić information content (AvgIpc) is 2.35. The van der Waals surface area contributed by atoms with Gasteiger partial charge < -0.3 is 4.90 Å². The highest BCUT2D eigenvalue weighted by Crippen LogP contribution is 2.36. The summed E-state index contributed by atoms with van der Waals surface area (Å²) in [5.41, 5.74) is 0. The molecule has 3 atom stereocenters. The van der Waals surface area contributed by atoms with Gasteiger partial charge in [0.1, 0.15) is 0 Å². The highest BCUT2D eigenvalue weighted by atomic mass is 32.1. The summed E-state index contributed by atoms with van der Waals surface area (Å²) in [6, 6.07) is 0. The van der Waals surface area contributed by atoms with Crippen LogP contribution in [0, 0.1) is 17.8 Å². The van der Waals surface area contributed by atoms with Gasteiger partial charge in [-0.1, -0.05) is 32.6 Å². The Labute approximate surface area is 106 Å². The Hall–Kier alpha value is 0.310. The van der Waals surface area contributed by atoms with E-state index in [0.29, 0.717) is 0 Å². The summed E-state index contributed by atoms with van der Waals surface area (Å²) in [6.07, 6.45) is 8.75. The van der Waals surface area contributed by atoms with E-state index in [1.54, 1.807) is 0 Å². The Balaban J connectivity index is 1.80. The fourth-order valence-electron chi connectivity index (χ4n) is 3.52. The number of fused-ring (bicyclic) bond motifs is 1. The lowest BCUT2D eigenvalue weighted by Gasteiger charge is -2.42. The van der Waals surface area contributed by atoms with Crippen molar-refractivity contribution in [1.82, 2.24) is 4.90 Å². The van der Waals surface area contributed by atoms with Gasteiger partial charge in [0.05, 0.1) is 0 Å². The summed E-state index contributed by atoms with van der Waals surface area (Å²) >= 11 is 4.46. The van der Waals surface area contributed by atoms with Crippen LogP contribution in [-0.4, -0.2) is 30.3 Å². The van der Waals surface area contributed by atoms with E-state index in [2.05, 4.69) is 24.5 Å². The maximum Gasteiger partial charge on any atom is 0.00175 e. The Bertz CT molecular complexity index is 203. The van der Waals surface area contributed by atoms with Gasteiger partial charge in [0.15, 0.2) is 0 Å². The average molecular weight is 241 g/mol. The third-order valence-electron chi connectivity index (χ3n) is 4.73. The molecule has 0 aromatic rings. The quantitative estimate of drug-likeness (QED) is 0.738. The molecule has 0 amide bonds. The van der Waals surface area contributed by atoms with Crippen molar-refractivity contribution in [2.45, 2.75) is 45.4 Å². The summed E-state index contributed by atoms with van der Waals surface area (Å²) < 4.78 is 0. The molecule has 1 heterocycles. The summed E-state index contributed by atoms with van der Waals surface area (Å²) in [7, 11) is 0. The first-order valence-corrected chi connectivity index (χ1v) is 7.80. The molecule has 0 aromatic heterocycles. The fourth-order valence-corrected chi connectivity index (χ4v) is 3.90. The van der Waals surface area contributed by atoms with Gasteiger partial charge in [-0.2, -0.15) is 12.6 Å². The van der Waals surface area contributed by atoms with Crippen LogP contribution in [0.15, 0.2) is 0 Å². The molecule has 0 N–H and O–H groups in total. The van der Waals surface area contributed by atoms with E-state index < -0.39 is 0 Å². The topological polar surface area (TPSA) is 3.24 Å². The Kier molecular flexibility index (Phi) is 5.02. The fraction of sp³-hybridized carbons (Fsp3) is 1.00. The van der Waals surface area contributed by atoms with Gasteiger partial charge >= 0.3 is 0 Å². The summed E-state index contributed by atoms with van der Waals surface area (Å²) in [5.74, 6) is 3.96. The van der Waals surface area contributed by atoms with Crippen molar-refractivity contribution in [1.29, 1.82) is 0 Å². The van der Waals surface area contributed by atoms with Crippen molar-refractivity contribution in [2.75, 3.05) is 25.4 Å². The number of rotatable bonds is 4. The van der Waals surface area contributed by atoms with E-state index in [4.69, 9.17) is 0 Å². The standard InChI is InChI=1S/C14H27NS/c1-2-12(11-16)9-15-8-7-13-5-3-4-6-14(13)10-15/h12-14,16H,2-11H2,1H3. The second kappa shape index (κ2) is 6.30. The number of likely N-dealkylation sites (tertiary alicyclic amines) is 1. The molecule has 94 valence electrons.